The molecular weight excluding hydrogens is 306 g/mol. The van der Waals surface area contributed by atoms with Gasteiger partial charge < -0.3 is 14.4 Å². The highest BCUT2D eigenvalue weighted by molar-refractivity contribution is 5.69. The van der Waals surface area contributed by atoms with Gasteiger partial charge in [-0.3, -0.25) is 4.79 Å². The quantitative estimate of drug-likeness (QED) is 0.706. The zero-order valence-electron chi connectivity index (χ0n) is 15.7. The Bertz CT molecular complexity index is 439. The average Bonchev–Trinajstić information content (AvgIpc) is 2.44. The van der Waals surface area contributed by atoms with Crippen LogP contribution in [-0.4, -0.2) is 42.3 Å². The Morgan fingerprint density at radius 3 is 2.33 bits per heavy atom. The first-order valence-electron chi connectivity index (χ1n) is 9.36. The maximum Gasteiger partial charge on any atom is 0.410 e. The fraction of sp³-hybridized carbons (Fsp3) is 0.895. The summed E-state index contributed by atoms with van der Waals surface area (Å²) in [5, 5.41) is 0. The van der Waals surface area contributed by atoms with E-state index in [1.165, 1.54) is 12.8 Å². The van der Waals surface area contributed by atoms with Crippen LogP contribution in [0.2, 0.25) is 0 Å². The van der Waals surface area contributed by atoms with Crippen LogP contribution in [0.25, 0.3) is 0 Å². The minimum absolute atomic E-state index is 0.0720. The number of nitrogens with zero attached hydrogens (tertiary/aromatic N) is 1. The average molecular weight is 339 g/mol. The van der Waals surface area contributed by atoms with Crippen LogP contribution in [0.4, 0.5) is 4.79 Å². The Morgan fingerprint density at radius 2 is 1.79 bits per heavy atom. The van der Waals surface area contributed by atoms with E-state index in [9.17, 15) is 9.59 Å². The summed E-state index contributed by atoms with van der Waals surface area (Å²) in [7, 11) is 0. The molecule has 2 aliphatic rings. The number of hydrogen-bond donors (Lipinski definition) is 0. The SMILES string of the molecule is CCOC(=O)CCCC1CC2(CCN(C(=O)OC(C)(C)C)CC2)C1. The molecule has 0 aromatic carbocycles. The predicted octanol–water partition coefficient (Wildman–Crippen LogP) is 4.15. The fourth-order valence-corrected chi connectivity index (χ4v) is 4.04. The van der Waals surface area contributed by atoms with E-state index in [1.807, 2.05) is 32.6 Å². The van der Waals surface area contributed by atoms with Crippen molar-refractivity contribution in [2.75, 3.05) is 19.7 Å². The van der Waals surface area contributed by atoms with Crippen LogP contribution in [0.5, 0.6) is 0 Å². The molecule has 0 radical (unpaired) electrons. The summed E-state index contributed by atoms with van der Waals surface area (Å²) < 4.78 is 10.4. The summed E-state index contributed by atoms with van der Waals surface area (Å²) in [6, 6.07) is 0. The van der Waals surface area contributed by atoms with E-state index >= 15 is 0 Å². The predicted molar refractivity (Wildman–Crippen MR) is 92.7 cm³/mol. The van der Waals surface area contributed by atoms with Crippen molar-refractivity contribution in [3.8, 4) is 0 Å². The monoisotopic (exact) mass is 339 g/mol. The molecule has 1 aliphatic heterocycles. The third-order valence-electron chi connectivity index (χ3n) is 5.22. The molecule has 1 spiro atoms. The zero-order chi connectivity index (χ0) is 17.8. The molecule has 0 N–H and O–H groups in total. The van der Waals surface area contributed by atoms with Gasteiger partial charge in [0.15, 0.2) is 0 Å². The minimum Gasteiger partial charge on any atom is -0.466 e. The second-order valence-corrected chi connectivity index (χ2v) is 8.44. The number of piperidine rings is 1. The van der Waals surface area contributed by atoms with Crippen LogP contribution in [0.3, 0.4) is 0 Å². The first-order valence-corrected chi connectivity index (χ1v) is 9.36. The number of ether oxygens (including phenoxy) is 2. The molecule has 0 unspecified atom stereocenters. The molecule has 0 atom stereocenters. The fourth-order valence-electron chi connectivity index (χ4n) is 4.04. The molecular formula is C19H33NO4. The first-order chi connectivity index (χ1) is 11.2. The molecule has 2 rings (SSSR count). The normalized spacial score (nSPS) is 20.6. The van der Waals surface area contributed by atoms with Crippen molar-refractivity contribution in [3.05, 3.63) is 0 Å². The van der Waals surface area contributed by atoms with Crippen molar-refractivity contribution < 1.29 is 19.1 Å². The van der Waals surface area contributed by atoms with Gasteiger partial charge in [-0.1, -0.05) is 0 Å². The summed E-state index contributed by atoms with van der Waals surface area (Å²) >= 11 is 0. The van der Waals surface area contributed by atoms with Crippen molar-refractivity contribution in [2.45, 2.75) is 78.2 Å². The first kappa shape index (κ1) is 19.1. The summed E-state index contributed by atoms with van der Waals surface area (Å²) in [6.45, 7) is 9.65. The zero-order valence-corrected chi connectivity index (χ0v) is 15.7. The number of rotatable bonds is 5. The number of likely N-dealkylation sites (tertiary alicyclic amines) is 1. The van der Waals surface area contributed by atoms with Gasteiger partial charge >= 0.3 is 12.1 Å². The van der Waals surface area contributed by atoms with Gasteiger partial charge in [-0.05, 0) is 77.6 Å². The summed E-state index contributed by atoms with van der Waals surface area (Å²) in [5.41, 5.74) is 0.0137. The van der Waals surface area contributed by atoms with Crippen LogP contribution in [0.15, 0.2) is 0 Å². The highest BCUT2D eigenvalue weighted by atomic mass is 16.6. The summed E-state index contributed by atoms with van der Waals surface area (Å²) in [6.07, 6.45) is 7.09. The minimum atomic E-state index is -0.424. The van der Waals surface area contributed by atoms with Crippen molar-refractivity contribution in [3.63, 3.8) is 0 Å². The highest BCUT2D eigenvalue weighted by Crippen LogP contribution is 2.54. The molecule has 0 aromatic heterocycles. The van der Waals surface area contributed by atoms with Crippen LogP contribution in [0.1, 0.15) is 72.6 Å². The van der Waals surface area contributed by atoms with Gasteiger partial charge in [-0.15, -0.1) is 0 Å². The third-order valence-corrected chi connectivity index (χ3v) is 5.22. The van der Waals surface area contributed by atoms with Crippen LogP contribution < -0.4 is 0 Å². The van der Waals surface area contributed by atoms with E-state index in [2.05, 4.69) is 0 Å². The lowest BCUT2D eigenvalue weighted by Gasteiger charge is -2.52. The molecule has 138 valence electrons. The molecule has 5 nitrogen and oxygen atoms in total. The lowest BCUT2D eigenvalue weighted by atomic mass is 9.56. The molecule has 2 fully saturated rings. The molecule has 1 saturated heterocycles. The van der Waals surface area contributed by atoms with Crippen LogP contribution >= 0.6 is 0 Å². The largest absolute Gasteiger partial charge is 0.466 e. The second-order valence-electron chi connectivity index (χ2n) is 8.44. The topological polar surface area (TPSA) is 55.8 Å². The number of hydrogen-bond acceptors (Lipinski definition) is 4. The van der Waals surface area contributed by atoms with Gasteiger partial charge in [0, 0.05) is 19.5 Å². The number of carbonyl (C=O) groups is 2. The van der Waals surface area contributed by atoms with E-state index in [1.54, 1.807) is 0 Å². The van der Waals surface area contributed by atoms with Crippen LogP contribution in [-0.2, 0) is 14.3 Å². The number of amides is 1. The Kier molecular flexibility index (Phi) is 6.16. The number of carbonyl (C=O) groups excluding carboxylic acids is 2. The third kappa shape index (κ3) is 5.38. The van der Waals surface area contributed by atoms with Gasteiger partial charge in [0.25, 0.3) is 0 Å². The maximum absolute atomic E-state index is 12.1. The molecule has 24 heavy (non-hydrogen) atoms. The van der Waals surface area contributed by atoms with E-state index in [-0.39, 0.29) is 12.1 Å². The van der Waals surface area contributed by atoms with E-state index in [0.29, 0.717) is 18.4 Å². The molecule has 1 saturated carbocycles. The number of esters is 1. The molecule has 1 amide bonds. The van der Waals surface area contributed by atoms with Gasteiger partial charge in [-0.2, -0.15) is 0 Å². The molecule has 0 aromatic rings. The Balaban J connectivity index is 1.64. The lowest BCUT2D eigenvalue weighted by molar-refractivity contribution is -0.143. The van der Waals surface area contributed by atoms with Gasteiger partial charge in [0.2, 0.25) is 0 Å². The van der Waals surface area contributed by atoms with Crippen molar-refractivity contribution in [1.29, 1.82) is 0 Å². The molecule has 5 heteroatoms. The van der Waals surface area contributed by atoms with Crippen molar-refractivity contribution in [2.24, 2.45) is 11.3 Å². The van der Waals surface area contributed by atoms with E-state index in [4.69, 9.17) is 9.47 Å². The summed E-state index contributed by atoms with van der Waals surface area (Å²) in [4.78, 5) is 25.3. The second kappa shape index (κ2) is 7.75. The van der Waals surface area contributed by atoms with Crippen molar-refractivity contribution in [1.82, 2.24) is 4.90 Å². The van der Waals surface area contributed by atoms with Crippen molar-refractivity contribution >= 4 is 12.1 Å². The summed E-state index contributed by atoms with van der Waals surface area (Å²) in [5.74, 6) is 0.671. The Hall–Kier alpha value is -1.26. The lowest BCUT2D eigenvalue weighted by Crippen LogP contribution is -2.49. The Labute approximate surface area is 146 Å². The standard InChI is InChI=1S/C19H33NO4/c1-5-23-16(21)8-6-7-15-13-19(14-15)9-11-20(12-10-19)17(22)24-18(2,3)4/h15H,5-14H2,1-4H3. The van der Waals surface area contributed by atoms with E-state index < -0.39 is 5.60 Å². The highest BCUT2D eigenvalue weighted by Gasteiger charge is 2.46. The van der Waals surface area contributed by atoms with E-state index in [0.717, 1.165) is 44.7 Å². The Morgan fingerprint density at radius 1 is 1.17 bits per heavy atom. The van der Waals surface area contributed by atoms with Crippen LogP contribution in [0, 0.1) is 11.3 Å². The molecule has 0 bridgehead atoms. The van der Waals surface area contributed by atoms with Gasteiger partial charge in [0.1, 0.15) is 5.60 Å². The van der Waals surface area contributed by atoms with Gasteiger partial charge in [-0.25, -0.2) is 4.79 Å². The molecule has 1 aliphatic carbocycles. The molecule has 1 heterocycles. The maximum atomic E-state index is 12.1. The smallest absolute Gasteiger partial charge is 0.410 e. The van der Waals surface area contributed by atoms with Gasteiger partial charge in [0.05, 0.1) is 6.61 Å².